The van der Waals surface area contributed by atoms with Crippen LogP contribution in [0.15, 0.2) is 29.6 Å². The lowest BCUT2D eigenvalue weighted by molar-refractivity contribution is -0.132. The molecule has 2 aromatic rings. The Hall–Kier alpha value is -2.05. The second kappa shape index (κ2) is 5.79. The number of thiophene rings is 1. The van der Waals surface area contributed by atoms with E-state index < -0.39 is 5.60 Å². The van der Waals surface area contributed by atoms with Gasteiger partial charge in [-0.25, -0.2) is 0 Å². The molecule has 1 aromatic heterocycles. The minimum atomic E-state index is -1.65. The number of carbonyl (C=O) groups excluding carboxylic acids is 1. The largest absolute Gasteiger partial charge is 0.454 e. The van der Waals surface area contributed by atoms with Gasteiger partial charge in [-0.05, 0) is 30.0 Å². The molecule has 3 heterocycles. The minimum absolute atomic E-state index is 0.165. The Morgan fingerprint density at radius 2 is 2.08 bits per heavy atom. The summed E-state index contributed by atoms with van der Waals surface area (Å²) >= 11 is 1.49. The van der Waals surface area contributed by atoms with Crippen molar-refractivity contribution in [3.63, 3.8) is 0 Å². The Balaban J connectivity index is 1.73. The number of amides is 1. The van der Waals surface area contributed by atoms with E-state index in [9.17, 15) is 9.90 Å². The molecule has 1 amide bonds. The highest BCUT2D eigenvalue weighted by Crippen LogP contribution is 2.49. The number of benzene rings is 1. The maximum absolute atomic E-state index is 13.1. The van der Waals surface area contributed by atoms with E-state index in [4.69, 9.17) is 9.47 Å². The Kier molecular flexibility index (Phi) is 3.73. The third-order valence-electron chi connectivity index (χ3n) is 4.61. The summed E-state index contributed by atoms with van der Waals surface area (Å²) in [5.74, 6) is 0.924. The highest BCUT2D eigenvalue weighted by Gasteiger charge is 2.52. The summed E-state index contributed by atoms with van der Waals surface area (Å²) in [5, 5.41) is 14.1. The fourth-order valence-corrected chi connectivity index (χ4v) is 4.29. The van der Waals surface area contributed by atoms with Gasteiger partial charge >= 0.3 is 0 Å². The van der Waals surface area contributed by atoms with Crippen LogP contribution in [0.1, 0.15) is 37.3 Å². The fourth-order valence-electron chi connectivity index (χ4n) is 3.31. The topological polar surface area (TPSA) is 59.0 Å². The summed E-state index contributed by atoms with van der Waals surface area (Å²) in [5.41, 5.74) is -0.468. The number of hydrogen-bond acceptors (Lipinski definition) is 5. The summed E-state index contributed by atoms with van der Waals surface area (Å²) in [7, 11) is 0. The maximum Gasteiger partial charge on any atom is 0.269 e. The number of hydrogen-bond donors (Lipinski definition) is 1. The van der Waals surface area contributed by atoms with Gasteiger partial charge in [-0.1, -0.05) is 25.8 Å². The van der Waals surface area contributed by atoms with Crippen molar-refractivity contribution in [1.29, 1.82) is 0 Å². The molecule has 4 rings (SSSR count). The number of ether oxygens (including phenoxy) is 2. The number of anilines is 1. The van der Waals surface area contributed by atoms with Crippen molar-refractivity contribution in [3.8, 4) is 11.5 Å². The molecule has 24 heavy (non-hydrogen) atoms. The summed E-state index contributed by atoms with van der Waals surface area (Å²) in [4.78, 5) is 14.8. The van der Waals surface area contributed by atoms with Crippen molar-refractivity contribution in [2.75, 3.05) is 18.2 Å². The third-order valence-corrected chi connectivity index (χ3v) is 5.55. The van der Waals surface area contributed by atoms with Crippen LogP contribution >= 0.6 is 11.3 Å². The summed E-state index contributed by atoms with van der Waals surface area (Å²) in [6, 6.07) is 7.02. The quantitative estimate of drug-likeness (QED) is 0.845. The number of unbranched alkanes of at least 4 members (excludes halogenated alkanes) is 2. The van der Waals surface area contributed by atoms with Crippen LogP contribution in [0.3, 0.4) is 0 Å². The number of aliphatic hydroxyl groups is 1. The van der Waals surface area contributed by atoms with E-state index >= 15 is 0 Å². The normalized spacial score (nSPS) is 21.4. The smallest absolute Gasteiger partial charge is 0.269 e. The summed E-state index contributed by atoms with van der Waals surface area (Å²) < 4.78 is 10.7. The number of carbonyl (C=O) groups is 1. The molecule has 1 atom stereocenters. The van der Waals surface area contributed by atoms with Crippen molar-refractivity contribution in [3.05, 3.63) is 40.8 Å². The zero-order valence-corrected chi connectivity index (χ0v) is 14.3. The maximum atomic E-state index is 13.1. The molecule has 0 saturated carbocycles. The molecule has 0 radical (unpaired) electrons. The van der Waals surface area contributed by atoms with Crippen molar-refractivity contribution in [2.45, 2.75) is 31.8 Å². The van der Waals surface area contributed by atoms with E-state index in [0.29, 0.717) is 29.2 Å². The Bertz CT molecular complexity index is 787. The van der Waals surface area contributed by atoms with Gasteiger partial charge in [0.2, 0.25) is 6.79 Å². The molecule has 0 bridgehead atoms. The van der Waals surface area contributed by atoms with Crippen molar-refractivity contribution < 1.29 is 19.4 Å². The van der Waals surface area contributed by atoms with Crippen molar-refractivity contribution in [1.82, 2.24) is 0 Å². The van der Waals surface area contributed by atoms with E-state index in [0.717, 1.165) is 24.3 Å². The highest BCUT2D eigenvalue weighted by atomic mass is 32.1. The molecule has 0 aliphatic carbocycles. The van der Waals surface area contributed by atoms with Gasteiger partial charge < -0.3 is 19.5 Å². The predicted molar refractivity (Wildman–Crippen MR) is 91.8 cm³/mol. The summed E-state index contributed by atoms with van der Waals surface area (Å²) in [6.45, 7) is 2.93. The second-order valence-corrected chi connectivity index (χ2v) is 6.98. The summed E-state index contributed by atoms with van der Waals surface area (Å²) in [6.07, 6.45) is 3.08. The van der Waals surface area contributed by atoms with Crippen LogP contribution in [-0.4, -0.2) is 24.4 Å². The van der Waals surface area contributed by atoms with Gasteiger partial charge in [0.15, 0.2) is 17.1 Å². The van der Waals surface area contributed by atoms with Gasteiger partial charge in [-0.15, -0.1) is 11.3 Å². The van der Waals surface area contributed by atoms with Crippen LogP contribution in [0.4, 0.5) is 5.00 Å². The highest BCUT2D eigenvalue weighted by molar-refractivity contribution is 7.14. The van der Waals surface area contributed by atoms with Crippen LogP contribution in [0, 0.1) is 0 Å². The Morgan fingerprint density at radius 3 is 2.92 bits per heavy atom. The molecule has 0 saturated heterocycles. The lowest BCUT2D eigenvalue weighted by Crippen LogP contribution is -2.41. The monoisotopic (exact) mass is 345 g/mol. The predicted octanol–water partition coefficient (Wildman–Crippen LogP) is 3.25. The first kappa shape index (κ1) is 15.5. The van der Waals surface area contributed by atoms with Gasteiger partial charge in [0.25, 0.3) is 5.91 Å². The number of fused-ring (bicyclic) bond motifs is 2. The molecule has 0 fully saturated rings. The average molecular weight is 345 g/mol. The zero-order chi connectivity index (χ0) is 16.7. The Morgan fingerprint density at radius 1 is 1.25 bits per heavy atom. The first-order chi connectivity index (χ1) is 11.7. The van der Waals surface area contributed by atoms with Crippen LogP contribution in [0.2, 0.25) is 0 Å². The first-order valence-corrected chi connectivity index (χ1v) is 9.06. The third kappa shape index (κ3) is 2.13. The minimum Gasteiger partial charge on any atom is -0.454 e. The SMILES string of the molecule is CCCCCN1C(=O)C(O)(c2ccc3c(c2)OCO3)c2ccsc21. The van der Waals surface area contributed by atoms with Crippen molar-refractivity contribution in [2.24, 2.45) is 0 Å². The van der Waals surface area contributed by atoms with E-state index in [2.05, 4.69) is 6.92 Å². The van der Waals surface area contributed by atoms with Gasteiger partial charge in [0, 0.05) is 17.7 Å². The molecule has 126 valence electrons. The molecule has 6 heteroatoms. The van der Waals surface area contributed by atoms with Gasteiger partial charge in [-0.3, -0.25) is 4.79 Å². The molecule has 2 aliphatic rings. The molecule has 1 N–H and O–H groups in total. The van der Waals surface area contributed by atoms with Gasteiger partial charge in [0.1, 0.15) is 5.00 Å². The van der Waals surface area contributed by atoms with Gasteiger partial charge in [0.05, 0.1) is 0 Å². The lowest BCUT2D eigenvalue weighted by Gasteiger charge is -2.24. The van der Waals surface area contributed by atoms with E-state index in [1.165, 1.54) is 11.3 Å². The molecule has 5 nitrogen and oxygen atoms in total. The molecular formula is C18H19NO4S. The van der Waals surface area contributed by atoms with E-state index in [1.807, 2.05) is 11.4 Å². The van der Waals surface area contributed by atoms with Gasteiger partial charge in [-0.2, -0.15) is 0 Å². The molecular weight excluding hydrogens is 326 g/mol. The van der Waals surface area contributed by atoms with Crippen molar-refractivity contribution >= 4 is 22.2 Å². The lowest BCUT2D eigenvalue weighted by atomic mass is 9.89. The van der Waals surface area contributed by atoms with Crippen LogP contribution in [0.25, 0.3) is 0 Å². The average Bonchev–Trinajstić information content (AvgIpc) is 3.29. The standard InChI is InChI=1S/C18H19NO4S/c1-2-3-4-8-19-16-13(7-9-24-16)18(21,17(19)20)12-5-6-14-15(10-12)23-11-22-14/h5-7,9-10,21H,2-4,8,11H2,1H3. The van der Waals surface area contributed by atoms with E-state index in [-0.39, 0.29) is 12.7 Å². The molecule has 0 spiro atoms. The molecule has 1 unspecified atom stereocenters. The Labute approximate surface area is 144 Å². The number of rotatable bonds is 5. The molecule has 2 aliphatic heterocycles. The van der Waals surface area contributed by atoms with Crippen LogP contribution < -0.4 is 14.4 Å². The first-order valence-electron chi connectivity index (χ1n) is 8.18. The van der Waals surface area contributed by atoms with E-state index in [1.54, 1.807) is 23.1 Å². The fraction of sp³-hybridized carbons (Fsp3) is 0.389. The number of nitrogens with zero attached hydrogens (tertiary/aromatic N) is 1. The van der Waals surface area contributed by atoms with Crippen LogP contribution in [0.5, 0.6) is 11.5 Å². The second-order valence-electron chi connectivity index (χ2n) is 6.08. The van der Waals surface area contributed by atoms with Crippen LogP contribution in [-0.2, 0) is 10.4 Å². The molecule has 1 aromatic carbocycles. The zero-order valence-electron chi connectivity index (χ0n) is 13.4.